The largest absolute Gasteiger partial charge is 0.388 e. The molecular weight excluding hydrogens is 244 g/mol. The maximum absolute atomic E-state index is 12.2. The molecule has 0 aromatic carbocycles. The predicted octanol–water partition coefficient (Wildman–Crippen LogP) is 0.0121. The fourth-order valence-electron chi connectivity index (χ4n) is 1.55. The highest BCUT2D eigenvalue weighted by Crippen LogP contribution is 2.23. The fraction of sp³-hybridized carbons (Fsp3) is 1.00. The van der Waals surface area contributed by atoms with Crippen molar-refractivity contribution < 1.29 is 27.0 Å². The number of aliphatic hydroxyl groups is 1. The van der Waals surface area contributed by atoms with Crippen LogP contribution in [0.25, 0.3) is 0 Å². The minimum atomic E-state index is -4.62. The van der Waals surface area contributed by atoms with E-state index in [9.17, 15) is 22.3 Å². The zero-order valence-corrected chi connectivity index (χ0v) is 9.71. The third kappa shape index (κ3) is 3.09. The number of alkyl halides is 2. The molecule has 1 aliphatic heterocycles. The van der Waals surface area contributed by atoms with Crippen molar-refractivity contribution in [3.05, 3.63) is 0 Å². The average molecular weight is 259 g/mol. The molecule has 0 unspecified atom stereocenters. The van der Waals surface area contributed by atoms with Crippen LogP contribution >= 0.6 is 0 Å². The molecule has 0 aromatic rings. The summed E-state index contributed by atoms with van der Waals surface area (Å²) in [4.78, 5) is 0. The van der Waals surface area contributed by atoms with Crippen LogP contribution in [0.1, 0.15) is 12.8 Å². The molecule has 0 radical (unpaired) electrons. The monoisotopic (exact) mass is 259 g/mol. The summed E-state index contributed by atoms with van der Waals surface area (Å²) in [5.74, 6) is -3.46. The van der Waals surface area contributed by atoms with E-state index in [0.717, 1.165) is 7.05 Å². The maximum atomic E-state index is 12.2. The molecule has 0 saturated carbocycles. The minimum Gasteiger partial charge on any atom is -0.388 e. The Morgan fingerprint density at radius 3 is 2.38 bits per heavy atom. The van der Waals surface area contributed by atoms with Crippen molar-refractivity contribution in [2.45, 2.75) is 24.2 Å². The summed E-state index contributed by atoms with van der Waals surface area (Å²) >= 11 is 0. The molecule has 8 heteroatoms. The fourth-order valence-corrected chi connectivity index (χ4v) is 2.24. The van der Waals surface area contributed by atoms with Gasteiger partial charge in [-0.1, -0.05) is 0 Å². The Morgan fingerprint density at radius 2 is 1.94 bits per heavy atom. The van der Waals surface area contributed by atoms with Crippen LogP contribution in [0.15, 0.2) is 0 Å². The SMILES string of the molecule is CN(CC1(O)CCOCC1)S(=O)(=O)C(F)F. The smallest absolute Gasteiger partial charge is 0.350 e. The Hall–Kier alpha value is -0.310. The van der Waals surface area contributed by atoms with Crippen LogP contribution in [0.2, 0.25) is 0 Å². The van der Waals surface area contributed by atoms with Crippen LogP contribution in [0.3, 0.4) is 0 Å². The molecule has 1 fully saturated rings. The van der Waals surface area contributed by atoms with Crippen LogP contribution < -0.4 is 0 Å². The first kappa shape index (κ1) is 13.8. The molecule has 0 spiro atoms. The van der Waals surface area contributed by atoms with Gasteiger partial charge < -0.3 is 9.84 Å². The summed E-state index contributed by atoms with van der Waals surface area (Å²) in [6.07, 6.45) is 0.492. The Bertz CT molecular complexity index is 327. The topological polar surface area (TPSA) is 66.8 Å². The number of halogens is 2. The van der Waals surface area contributed by atoms with Gasteiger partial charge in [0.15, 0.2) is 0 Å². The zero-order chi connectivity index (χ0) is 12.4. The zero-order valence-electron chi connectivity index (χ0n) is 8.90. The summed E-state index contributed by atoms with van der Waals surface area (Å²) in [5.41, 5.74) is -1.27. The van der Waals surface area contributed by atoms with Crippen LogP contribution in [0.4, 0.5) is 8.78 Å². The van der Waals surface area contributed by atoms with E-state index in [-0.39, 0.29) is 19.4 Å². The van der Waals surface area contributed by atoms with E-state index >= 15 is 0 Å². The Kier molecular flexibility index (Phi) is 4.22. The Balaban J connectivity index is 2.66. The van der Waals surface area contributed by atoms with Crippen LogP contribution in [-0.2, 0) is 14.8 Å². The molecule has 0 aromatic heterocycles. The van der Waals surface area contributed by atoms with Gasteiger partial charge in [0, 0.05) is 39.6 Å². The lowest BCUT2D eigenvalue weighted by atomic mass is 9.95. The lowest BCUT2D eigenvalue weighted by Crippen LogP contribution is -2.48. The van der Waals surface area contributed by atoms with E-state index < -0.39 is 21.4 Å². The van der Waals surface area contributed by atoms with Crippen molar-refractivity contribution in [2.24, 2.45) is 0 Å². The van der Waals surface area contributed by atoms with Crippen molar-refractivity contribution in [2.75, 3.05) is 26.8 Å². The van der Waals surface area contributed by atoms with Gasteiger partial charge in [0.05, 0.1) is 5.60 Å². The molecule has 1 saturated heterocycles. The van der Waals surface area contributed by atoms with Crippen molar-refractivity contribution in [1.29, 1.82) is 0 Å². The molecule has 5 nitrogen and oxygen atoms in total. The van der Waals surface area contributed by atoms with E-state index in [2.05, 4.69) is 0 Å². The molecule has 1 N–H and O–H groups in total. The summed E-state index contributed by atoms with van der Waals surface area (Å²) < 4.78 is 52.1. The standard InChI is InChI=1S/C8H15F2NO4S/c1-11(16(13,14)7(9)10)6-8(12)2-4-15-5-3-8/h7,12H,2-6H2,1H3. The van der Waals surface area contributed by atoms with Crippen LogP contribution in [0.5, 0.6) is 0 Å². The highest BCUT2D eigenvalue weighted by molar-refractivity contribution is 7.89. The summed E-state index contributed by atoms with van der Waals surface area (Å²) in [6.45, 7) is 0.279. The molecule has 0 bridgehead atoms. The Labute approximate surface area is 93.0 Å². The first-order valence-electron chi connectivity index (χ1n) is 4.81. The number of ether oxygens (including phenoxy) is 1. The molecule has 0 aliphatic carbocycles. The van der Waals surface area contributed by atoms with Gasteiger partial charge in [0.2, 0.25) is 0 Å². The predicted molar refractivity (Wildman–Crippen MR) is 52.6 cm³/mol. The molecule has 0 amide bonds. The minimum absolute atomic E-state index is 0.246. The van der Waals surface area contributed by atoms with E-state index in [1.54, 1.807) is 0 Å². The van der Waals surface area contributed by atoms with Gasteiger partial charge in [-0.15, -0.1) is 0 Å². The van der Waals surface area contributed by atoms with Crippen molar-refractivity contribution in [3.63, 3.8) is 0 Å². The van der Waals surface area contributed by atoms with E-state index in [4.69, 9.17) is 4.74 Å². The van der Waals surface area contributed by atoms with Gasteiger partial charge in [0.1, 0.15) is 0 Å². The van der Waals surface area contributed by atoms with Crippen LogP contribution in [0, 0.1) is 0 Å². The number of rotatable bonds is 4. The Morgan fingerprint density at radius 1 is 1.44 bits per heavy atom. The lowest BCUT2D eigenvalue weighted by molar-refractivity contribution is -0.0693. The molecule has 1 aliphatic rings. The summed E-state index contributed by atoms with van der Waals surface area (Å²) in [6, 6.07) is 0. The van der Waals surface area contributed by atoms with Gasteiger partial charge >= 0.3 is 5.76 Å². The molecule has 16 heavy (non-hydrogen) atoms. The quantitative estimate of drug-likeness (QED) is 0.772. The summed E-state index contributed by atoms with van der Waals surface area (Å²) in [7, 11) is -3.58. The summed E-state index contributed by atoms with van der Waals surface area (Å²) in [5, 5.41) is 9.96. The average Bonchev–Trinajstić information content (AvgIpc) is 2.17. The number of likely N-dealkylation sites (N-methyl/N-ethyl adjacent to an activating group) is 1. The maximum Gasteiger partial charge on any atom is 0.350 e. The van der Waals surface area contributed by atoms with E-state index in [0.29, 0.717) is 17.5 Å². The number of hydrogen-bond acceptors (Lipinski definition) is 4. The van der Waals surface area contributed by atoms with Crippen molar-refractivity contribution in [1.82, 2.24) is 4.31 Å². The number of nitrogens with zero attached hydrogens (tertiary/aromatic N) is 1. The molecule has 1 rings (SSSR count). The van der Waals surface area contributed by atoms with Crippen LogP contribution in [-0.4, -0.2) is 56.0 Å². The molecule has 96 valence electrons. The van der Waals surface area contributed by atoms with Crippen molar-refractivity contribution >= 4 is 10.0 Å². The van der Waals surface area contributed by atoms with Crippen molar-refractivity contribution in [3.8, 4) is 0 Å². The second kappa shape index (κ2) is 4.91. The first-order valence-corrected chi connectivity index (χ1v) is 6.32. The first-order chi connectivity index (χ1) is 7.28. The second-order valence-corrected chi connectivity index (χ2v) is 5.91. The lowest BCUT2D eigenvalue weighted by Gasteiger charge is -2.34. The van der Waals surface area contributed by atoms with Gasteiger partial charge in [-0.25, -0.2) is 8.42 Å². The highest BCUT2D eigenvalue weighted by atomic mass is 32.2. The molecule has 1 heterocycles. The van der Waals surface area contributed by atoms with Gasteiger partial charge in [-0.2, -0.15) is 13.1 Å². The number of hydrogen-bond donors (Lipinski definition) is 1. The number of sulfonamides is 1. The van der Waals surface area contributed by atoms with Gasteiger partial charge in [-0.3, -0.25) is 0 Å². The third-order valence-electron chi connectivity index (χ3n) is 2.60. The van der Waals surface area contributed by atoms with Gasteiger partial charge in [0.25, 0.3) is 10.0 Å². The third-order valence-corrected chi connectivity index (χ3v) is 4.05. The van der Waals surface area contributed by atoms with E-state index in [1.807, 2.05) is 0 Å². The highest BCUT2D eigenvalue weighted by Gasteiger charge is 2.37. The van der Waals surface area contributed by atoms with Gasteiger partial charge in [-0.05, 0) is 0 Å². The molecular formula is C8H15F2NO4S. The normalized spacial score (nSPS) is 21.6. The second-order valence-electron chi connectivity index (χ2n) is 3.90. The molecule has 0 atom stereocenters. The van der Waals surface area contributed by atoms with E-state index in [1.165, 1.54) is 0 Å².